The number of aryl methyl sites for hydroxylation is 1. The first-order chi connectivity index (χ1) is 12.3. The minimum Gasteiger partial charge on any atom is -0.380 e. The smallest absolute Gasteiger partial charge is 0.175 e. The van der Waals surface area contributed by atoms with E-state index in [9.17, 15) is 8.42 Å². The second-order valence-electron chi connectivity index (χ2n) is 7.03. The third kappa shape index (κ3) is 4.53. The normalized spacial score (nSPS) is 17.7. The van der Waals surface area contributed by atoms with Crippen LogP contribution in [0.2, 0.25) is 0 Å². The molecule has 0 saturated heterocycles. The molecule has 0 bridgehead atoms. The van der Waals surface area contributed by atoms with Gasteiger partial charge in [0.05, 0.1) is 16.6 Å². The minimum absolute atomic E-state index is 0.275. The molecule has 0 aliphatic carbocycles. The fourth-order valence-corrected chi connectivity index (χ4v) is 3.69. The predicted octanol–water partition coefficient (Wildman–Crippen LogP) is 2.39. The highest BCUT2D eigenvalue weighted by molar-refractivity contribution is 7.90. The van der Waals surface area contributed by atoms with Crippen LogP contribution in [0.25, 0.3) is 0 Å². The van der Waals surface area contributed by atoms with Crippen molar-refractivity contribution >= 4 is 21.3 Å². The molecule has 26 heavy (non-hydrogen) atoms. The first-order valence-corrected chi connectivity index (χ1v) is 10.7. The monoisotopic (exact) mass is 374 g/mol. The molecule has 0 saturated carbocycles. The Morgan fingerprint density at radius 2 is 2.04 bits per heavy atom. The SMILES string of the molecule is Cc1cnc2c(c1)NC[C@H](CNC[C@H](C)c1ccc(S(C)(=O)=O)cc1)N2. The van der Waals surface area contributed by atoms with Crippen LogP contribution in [0.1, 0.15) is 24.0 Å². The number of sulfone groups is 1. The fourth-order valence-electron chi connectivity index (χ4n) is 3.06. The summed E-state index contributed by atoms with van der Waals surface area (Å²) in [5, 5.41) is 10.4. The van der Waals surface area contributed by atoms with Gasteiger partial charge < -0.3 is 16.0 Å². The van der Waals surface area contributed by atoms with Gasteiger partial charge in [-0.05, 0) is 42.2 Å². The molecule has 1 aliphatic rings. The van der Waals surface area contributed by atoms with E-state index in [2.05, 4.69) is 33.9 Å². The molecule has 1 aromatic carbocycles. The summed E-state index contributed by atoms with van der Waals surface area (Å²) in [7, 11) is -3.14. The highest BCUT2D eigenvalue weighted by Gasteiger charge is 2.18. The molecule has 140 valence electrons. The lowest BCUT2D eigenvalue weighted by atomic mass is 10.0. The number of nitrogens with zero attached hydrogens (tertiary/aromatic N) is 1. The van der Waals surface area contributed by atoms with E-state index in [-0.39, 0.29) is 6.04 Å². The molecule has 2 aromatic rings. The summed E-state index contributed by atoms with van der Waals surface area (Å²) in [4.78, 5) is 4.80. The second-order valence-corrected chi connectivity index (χ2v) is 9.05. The highest BCUT2D eigenvalue weighted by atomic mass is 32.2. The number of aromatic nitrogens is 1. The van der Waals surface area contributed by atoms with Crippen molar-refractivity contribution in [1.29, 1.82) is 0 Å². The van der Waals surface area contributed by atoms with E-state index in [1.807, 2.05) is 25.3 Å². The van der Waals surface area contributed by atoms with Gasteiger partial charge in [0, 0.05) is 32.1 Å². The van der Waals surface area contributed by atoms with Crippen molar-refractivity contribution in [1.82, 2.24) is 10.3 Å². The average molecular weight is 375 g/mol. The molecule has 1 aromatic heterocycles. The van der Waals surface area contributed by atoms with E-state index in [1.54, 1.807) is 12.1 Å². The van der Waals surface area contributed by atoms with Gasteiger partial charge in [0.1, 0.15) is 5.82 Å². The molecule has 2 heterocycles. The van der Waals surface area contributed by atoms with Crippen molar-refractivity contribution in [2.75, 3.05) is 36.5 Å². The van der Waals surface area contributed by atoms with E-state index in [0.29, 0.717) is 10.8 Å². The van der Waals surface area contributed by atoms with Crippen molar-refractivity contribution in [3.8, 4) is 0 Å². The van der Waals surface area contributed by atoms with Crippen LogP contribution in [0.15, 0.2) is 41.4 Å². The summed E-state index contributed by atoms with van der Waals surface area (Å²) >= 11 is 0. The number of hydrogen-bond acceptors (Lipinski definition) is 6. The van der Waals surface area contributed by atoms with Crippen molar-refractivity contribution in [2.24, 2.45) is 0 Å². The summed E-state index contributed by atoms with van der Waals surface area (Å²) in [5.41, 5.74) is 3.33. The Morgan fingerprint density at radius 3 is 2.73 bits per heavy atom. The van der Waals surface area contributed by atoms with Crippen LogP contribution in [0.5, 0.6) is 0 Å². The molecule has 0 unspecified atom stereocenters. The zero-order valence-electron chi connectivity index (χ0n) is 15.4. The number of rotatable bonds is 6. The zero-order chi connectivity index (χ0) is 18.7. The van der Waals surface area contributed by atoms with Gasteiger partial charge in [0.15, 0.2) is 9.84 Å². The lowest BCUT2D eigenvalue weighted by molar-refractivity contribution is 0.571. The summed E-state index contributed by atoms with van der Waals surface area (Å²) in [6.07, 6.45) is 3.10. The van der Waals surface area contributed by atoms with Crippen molar-refractivity contribution in [3.63, 3.8) is 0 Å². The molecule has 1 aliphatic heterocycles. The van der Waals surface area contributed by atoms with E-state index in [0.717, 1.165) is 42.3 Å². The molecular weight excluding hydrogens is 348 g/mol. The van der Waals surface area contributed by atoms with Crippen LogP contribution in [-0.4, -0.2) is 45.3 Å². The molecule has 3 rings (SSSR count). The lowest BCUT2D eigenvalue weighted by Crippen LogP contribution is -2.42. The Morgan fingerprint density at radius 1 is 1.31 bits per heavy atom. The average Bonchev–Trinajstić information content (AvgIpc) is 2.61. The maximum Gasteiger partial charge on any atom is 0.175 e. The van der Waals surface area contributed by atoms with Crippen LogP contribution < -0.4 is 16.0 Å². The quantitative estimate of drug-likeness (QED) is 0.720. The van der Waals surface area contributed by atoms with E-state index in [4.69, 9.17) is 0 Å². The number of nitrogens with one attached hydrogen (secondary N) is 3. The molecule has 3 N–H and O–H groups in total. The Bertz CT molecular complexity index is 866. The zero-order valence-corrected chi connectivity index (χ0v) is 16.2. The summed E-state index contributed by atoms with van der Waals surface area (Å²) in [6, 6.07) is 9.52. The molecule has 2 atom stereocenters. The summed E-state index contributed by atoms with van der Waals surface area (Å²) in [5.74, 6) is 1.20. The topological polar surface area (TPSA) is 83.1 Å². The van der Waals surface area contributed by atoms with Crippen LogP contribution in [0.4, 0.5) is 11.5 Å². The first kappa shape index (κ1) is 18.7. The van der Waals surface area contributed by atoms with Gasteiger partial charge in [-0.1, -0.05) is 19.1 Å². The third-order valence-corrected chi connectivity index (χ3v) is 5.75. The van der Waals surface area contributed by atoms with Crippen LogP contribution in [0.3, 0.4) is 0 Å². The van der Waals surface area contributed by atoms with Gasteiger partial charge in [0.25, 0.3) is 0 Å². The first-order valence-electron chi connectivity index (χ1n) is 8.81. The van der Waals surface area contributed by atoms with Crippen LogP contribution in [0, 0.1) is 6.92 Å². The van der Waals surface area contributed by atoms with E-state index in [1.165, 1.54) is 6.26 Å². The Hall–Kier alpha value is -2.12. The number of fused-ring (bicyclic) bond motifs is 1. The summed E-state index contributed by atoms with van der Waals surface area (Å²) in [6.45, 7) is 6.67. The second kappa shape index (κ2) is 7.63. The van der Waals surface area contributed by atoms with Crippen molar-refractivity contribution < 1.29 is 8.42 Å². The molecule has 0 spiro atoms. The van der Waals surface area contributed by atoms with Gasteiger partial charge in [-0.2, -0.15) is 0 Å². The number of benzene rings is 1. The summed E-state index contributed by atoms with van der Waals surface area (Å²) < 4.78 is 23.1. The molecular formula is C19H26N4O2S. The van der Waals surface area contributed by atoms with Crippen molar-refractivity contribution in [3.05, 3.63) is 47.7 Å². The molecule has 6 nitrogen and oxygen atoms in total. The van der Waals surface area contributed by atoms with Gasteiger partial charge in [0.2, 0.25) is 0 Å². The largest absolute Gasteiger partial charge is 0.380 e. The maximum atomic E-state index is 11.5. The van der Waals surface area contributed by atoms with Gasteiger partial charge in [-0.3, -0.25) is 0 Å². The number of pyridine rings is 1. The van der Waals surface area contributed by atoms with E-state index < -0.39 is 9.84 Å². The highest BCUT2D eigenvalue weighted by Crippen LogP contribution is 2.24. The molecule has 0 fully saturated rings. The standard InChI is InChI=1S/C19H26N4O2S/c1-13-8-18-19(22-9-13)23-16(12-21-18)11-20-10-14(2)15-4-6-17(7-5-15)26(3,24)25/h4-9,14,16,20-21H,10-12H2,1-3H3,(H,22,23)/t14-,16-/m0/s1. The fraction of sp³-hybridized carbons (Fsp3) is 0.421. The van der Waals surface area contributed by atoms with Gasteiger partial charge in [-0.15, -0.1) is 0 Å². The molecule has 0 amide bonds. The molecule has 7 heteroatoms. The Kier molecular flexibility index (Phi) is 5.48. The predicted molar refractivity (Wildman–Crippen MR) is 106 cm³/mol. The number of anilines is 2. The molecule has 0 radical (unpaired) electrons. The third-order valence-electron chi connectivity index (χ3n) is 4.62. The Balaban J connectivity index is 1.50. The maximum absolute atomic E-state index is 11.5. The van der Waals surface area contributed by atoms with Gasteiger partial charge in [-0.25, -0.2) is 13.4 Å². The van der Waals surface area contributed by atoms with Crippen LogP contribution in [-0.2, 0) is 9.84 Å². The van der Waals surface area contributed by atoms with Crippen molar-refractivity contribution in [2.45, 2.75) is 30.7 Å². The minimum atomic E-state index is -3.14. The Labute approximate surface area is 155 Å². The lowest BCUT2D eigenvalue weighted by Gasteiger charge is -2.28. The van der Waals surface area contributed by atoms with Gasteiger partial charge >= 0.3 is 0 Å². The number of hydrogen-bond donors (Lipinski definition) is 3. The van der Waals surface area contributed by atoms with E-state index >= 15 is 0 Å². The van der Waals surface area contributed by atoms with Crippen LogP contribution >= 0.6 is 0 Å².